The summed E-state index contributed by atoms with van der Waals surface area (Å²) < 4.78 is 33.2. The quantitative estimate of drug-likeness (QED) is 0.490. The minimum absolute atomic E-state index is 0.123. The summed E-state index contributed by atoms with van der Waals surface area (Å²) in [5.74, 6) is -0.856. The van der Waals surface area contributed by atoms with Crippen LogP contribution in [0.25, 0.3) is 0 Å². The van der Waals surface area contributed by atoms with Gasteiger partial charge in [0.25, 0.3) is 15.9 Å². The number of fused-ring (bicyclic) bond motifs is 2. The molecule has 2 aliphatic rings. The van der Waals surface area contributed by atoms with Crippen molar-refractivity contribution in [2.45, 2.75) is 31.2 Å². The predicted octanol–water partition coefficient (Wildman–Crippen LogP) is 3.92. The summed E-state index contributed by atoms with van der Waals surface area (Å²) in [4.78, 5) is 29.1. The first-order chi connectivity index (χ1) is 17.3. The van der Waals surface area contributed by atoms with Crippen molar-refractivity contribution in [3.63, 3.8) is 0 Å². The SMILES string of the molecule is CCOC(=O)c1c(NC(=O)c2ccc(S(=O)(=O)N3CCc4ccccc43)cc2)sc2c1CCN(C)C2. The molecule has 0 radical (unpaired) electrons. The van der Waals surface area contributed by atoms with Gasteiger partial charge in [0, 0.05) is 30.1 Å². The zero-order valence-corrected chi connectivity index (χ0v) is 21.7. The van der Waals surface area contributed by atoms with E-state index in [1.165, 1.54) is 39.9 Å². The van der Waals surface area contributed by atoms with Crippen molar-refractivity contribution in [3.8, 4) is 0 Å². The average molecular weight is 526 g/mol. The Morgan fingerprint density at radius 1 is 1.06 bits per heavy atom. The highest BCUT2D eigenvalue weighted by Gasteiger charge is 2.31. The smallest absolute Gasteiger partial charge is 0.341 e. The van der Waals surface area contributed by atoms with E-state index in [1.807, 2.05) is 25.2 Å². The second-order valence-electron chi connectivity index (χ2n) is 8.85. The number of amides is 1. The number of benzene rings is 2. The van der Waals surface area contributed by atoms with Crippen LogP contribution < -0.4 is 9.62 Å². The molecular weight excluding hydrogens is 498 g/mol. The lowest BCUT2D eigenvalue weighted by molar-refractivity contribution is 0.0526. The van der Waals surface area contributed by atoms with Crippen LogP contribution in [0, 0.1) is 0 Å². The van der Waals surface area contributed by atoms with Gasteiger partial charge in [-0.25, -0.2) is 13.2 Å². The first-order valence-corrected chi connectivity index (χ1v) is 14.1. The van der Waals surface area contributed by atoms with E-state index in [9.17, 15) is 18.0 Å². The molecule has 2 aliphatic heterocycles. The summed E-state index contributed by atoms with van der Waals surface area (Å²) in [5, 5.41) is 3.33. The molecule has 0 unspecified atom stereocenters. The number of nitrogens with zero attached hydrogens (tertiary/aromatic N) is 2. The van der Waals surface area contributed by atoms with Gasteiger partial charge in [0.15, 0.2) is 0 Å². The maximum absolute atomic E-state index is 13.3. The van der Waals surface area contributed by atoms with Crippen LogP contribution in [0.3, 0.4) is 0 Å². The molecule has 188 valence electrons. The van der Waals surface area contributed by atoms with Gasteiger partial charge in [-0.3, -0.25) is 9.10 Å². The van der Waals surface area contributed by atoms with E-state index in [2.05, 4.69) is 10.2 Å². The fraction of sp³-hybridized carbons (Fsp3) is 0.308. The molecule has 8 nitrogen and oxygen atoms in total. The molecule has 5 rings (SSSR count). The maximum Gasteiger partial charge on any atom is 0.341 e. The van der Waals surface area contributed by atoms with Crippen molar-refractivity contribution in [3.05, 3.63) is 75.7 Å². The second kappa shape index (κ2) is 9.68. The Bertz CT molecular complexity index is 1430. The first-order valence-electron chi connectivity index (χ1n) is 11.8. The standard InChI is InChI=1S/C26H27N3O5S2/c1-3-34-26(31)23-20-13-14-28(2)16-22(20)35-25(23)27-24(30)18-8-10-19(11-9-18)36(32,33)29-15-12-17-6-4-5-7-21(17)29/h4-11H,3,12-16H2,1-2H3,(H,27,30). The number of carbonyl (C=O) groups is 2. The third-order valence-electron chi connectivity index (χ3n) is 6.50. The van der Waals surface area contributed by atoms with Gasteiger partial charge in [-0.1, -0.05) is 18.2 Å². The van der Waals surface area contributed by atoms with E-state index in [-0.39, 0.29) is 11.5 Å². The zero-order chi connectivity index (χ0) is 25.4. The van der Waals surface area contributed by atoms with Crippen LogP contribution in [0.4, 0.5) is 10.7 Å². The van der Waals surface area contributed by atoms with E-state index >= 15 is 0 Å². The Morgan fingerprint density at radius 3 is 2.56 bits per heavy atom. The van der Waals surface area contributed by atoms with Crippen molar-refractivity contribution in [2.75, 3.05) is 36.4 Å². The monoisotopic (exact) mass is 525 g/mol. The van der Waals surface area contributed by atoms with E-state index < -0.39 is 21.9 Å². The van der Waals surface area contributed by atoms with Gasteiger partial charge >= 0.3 is 5.97 Å². The number of hydrogen-bond acceptors (Lipinski definition) is 7. The van der Waals surface area contributed by atoms with Crippen molar-refractivity contribution in [1.82, 2.24) is 4.90 Å². The fourth-order valence-corrected chi connectivity index (χ4v) is 7.49. The van der Waals surface area contributed by atoms with Gasteiger partial charge in [-0.05, 0) is 68.3 Å². The first kappa shape index (κ1) is 24.5. The number of rotatable bonds is 6. The van der Waals surface area contributed by atoms with Crippen LogP contribution in [0.2, 0.25) is 0 Å². The molecular formula is C26H27N3O5S2. The van der Waals surface area contributed by atoms with E-state index in [0.717, 1.165) is 22.5 Å². The highest BCUT2D eigenvalue weighted by molar-refractivity contribution is 7.92. The molecule has 3 aromatic rings. The van der Waals surface area contributed by atoms with Crippen LogP contribution in [0.5, 0.6) is 0 Å². The number of thiophene rings is 1. The largest absolute Gasteiger partial charge is 0.462 e. The average Bonchev–Trinajstić information content (AvgIpc) is 3.45. The van der Waals surface area contributed by atoms with Crippen LogP contribution >= 0.6 is 11.3 Å². The fourth-order valence-electron chi connectivity index (χ4n) is 4.68. The van der Waals surface area contributed by atoms with Crippen molar-refractivity contribution >= 4 is 43.9 Å². The summed E-state index contributed by atoms with van der Waals surface area (Å²) >= 11 is 1.38. The highest BCUT2D eigenvalue weighted by atomic mass is 32.2. The second-order valence-corrected chi connectivity index (χ2v) is 11.8. The molecule has 0 atom stereocenters. The lowest BCUT2D eigenvalue weighted by Gasteiger charge is -2.22. The number of ether oxygens (including phenoxy) is 1. The summed E-state index contributed by atoms with van der Waals surface area (Å²) in [5.41, 5.74) is 3.34. The highest BCUT2D eigenvalue weighted by Crippen LogP contribution is 2.38. The number of nitrogens with one attached hydrogen (secondary N) is 1. The third-order valence-corrected chi connectivity index (χ3v) is 9.46. The summed E-state index contributed by atoms with van der Waals surface area (Å²) in [7, 11) is -1.73. The molecule has 0 saturated carbocycles. The number of hydrogen-bond donors (Lipinski definition) is 1. The molecule has 0 spiro atoms. The van der Waals surface area contributed by atoms with Gasteiger partial charge < -0.3 is 15.0 Å². The summed E-state index contributed by atoms with van der Waals surface area (Å²) in [6, 6.07) is 13.4. The molecule has 2 aromatic carbocycles. The van der Waals surface area contributed by atoms with Crippen LogP contribution in [0.15, 0.2) is 53.4 Å². The molecule has 1 N–H and O–H groups in total. The minimum atomic E-state index is -3.75. The van der Waals surface area contributed by atoms with Gasteiger partial charge in [0.2, 0.25) is 0 Å². The number of likely N-dealkylation sites (N-methyl/N-ethyl adjacent to an activating group) is 1. The summed E-state index contributed by atoms with van der Waals surface area (Å²) in [6.45, 7) is 3.90. The topological polar surface area (TPSA) is 96.0 Å². The number of anilines is 2. The zero-order valence-electron chi connectivity index (χ0n) is 20.1. The van der Waals surface area contributed by atoms with Gasteiger partial charge in [-0.15, -0.1) is 11.3 Å². The van der Waals surface area contributed by atoms with E-state index in [4.69, 9.17) is 4.74 Å². The molecule has 1 amide bonds. The van der Waals surface area contributed by atoms with Crippen molar-refractivity contribution < 1.29 is 22.7 Å². The Balaban J connectivity index is 1.38. The van der Waals surface area contributed by atoms with Gasteiger partial charge in [0.1, 0.15) is 5.00 Å². The summed E-state index contributed by atoms with van der Waals surface area (Å²) in [6.07, 6.45) is 1.37. The molecule has 0 bridgehead atoms. The maximum atomic E-state index is 13.3. The van der Waals surface area contributed by atoms with Gasteiger partial charge in [0.05, 0.1) is 22.8 Å². The molecule has 0 aliphatic carbocycles. The predicted molar refractivity (Wildman–Crippen MR) is 139 cm³/mol. The minimum Gasteiger partial charge on any atom is -0.462 e. The Morgan fingerprint density at radius 2 is 1.81 bits per heavy atom. The molecule has 3 heterocycles. The Hall–Kier alpha value is -3.21. The van der Waals surface area contributed by atoms with Gasteiger partial charge in [-0.2, -0.15) is 0 Å². The number of esters is 1. The van der Waals surface area contributed by atoms with Crippen LogP contribution in [0.1, 0.15) is 43.6 Å². The lowest BCUT2D eigenvalue weighted by Crippen LogP contribution is -2.29. The number of sulfonamides is 1. The lowest BCUT2D eigenvalue weighted by atomic mass is 10.0. The van der Waals surface area contributed by atoms with E-state index in [0.29, 0.717) is 47.7 Å². The molecule has 0 fully saturated rings. The molecule has 10 heteroatoms. The van der Waals surface area contributed by atoms with E-state index in [1.54, 1.807) is 13.0 Å². The third kappa shape index (κ3) is 4.40. The van der Waals surface area contributed by atoms with Crippen LogP contribution in [-0.4, -0.2) is 51.9 Å². The Kier molecular flexibility index (Phi) is 6.59. The Labute approximate surface area is 214 Å². The van der Waals surface area contributed by atoms with Crippen molar-refractivity contribution in [2.24, 2.45) is 0 Å². The normalized spacial score (nSPS) is 15.3. The molecule has 36 heavy (non-hydrogen) atoms. The van der Waals surface area contributed by atoms with Crippen molar-refractivity contribution in [1.29, 1.82) is 0 Å². The molecule has 0 saturated heterocycles. The number of carbonyl (C=O) groups excluding carboxylic acids is 2. The van der Waals surface area contributed by atoms with Crippen LogP contribution in [-0.2, 0) is 34.1 Å². The number of para-hydroxylation sites is 1. The molecule has 1 aromatic heterocycles.